The number of aromatic nitrogens is 1. The van der Waals surface area contributed by atoms with Gasteiger partial charge in [0, 0.05) is 11.9 Å². The summed E-state index contributed by atoms with van der Waals surface area (Å²) in [6.45, 7) is 0.105. The van der Waals surface area contributed by atoms with Crippen LogP contribution in [0.25, 0.3) is 10.9 Å². The van der Waals surface area contributed by atoms with Crippen molar-refractivity contribution in [3.63, 3.8) is 0 Å². The van der Waals surface area contributed by atoms with E-state index < -0.39 is 5.97 Å². The molecule has 130 valence electrons. The lowest BCUT2D eigenvalue weighted by Gasteiger charge is -2.10. The van der Waals surface area contributed by atoms with Crippen LogP contribution in [0.2, 0.25) is 10.0 Å². The van der Waals surface area contributed by atoms with Crippen LogP contribution in [0, 0.1) is 0 Å². The number of nitrogens with zero attached hydrogens (tertiary/aromatic N) is 1. The molecular formula is C18H15Cl2NO4. The molecule has 0 saturated heterocycles. The van der Waals surface area contributed by atoms with Crippen molar-refractivity contribution < 1.29 is 19.7 Å². The first-order chi connectivity index (χ1) is 12.0. The second kappa shape index (κ2) is 7.35. The standard InChI is InChI=1S/C18H15Cl2NO4/c19-13-6-5-11(9-14(13)20)10-21-15-4-2-1-3-12(15)17(25-8-7-22)16(21)18(23)24/h1-6,9,22H,7-8,10H2,(H,23,24). The minimum absolute atomic E-state index is 0.0149. The van der Waals surface area contributed by atoms with Crippen LogP contribution < -0.4 is 4.74 Å². The van der Waals surface area contributed by atoms with Gasteiger partial charge in [0.1, 0.15) is 6.61 Å². The number of aliphatic hydroxyl groups excluding tert-OH is 1. The van der Waals surface area contributed by atoms with Gasteiger partial charge in [0.15, 0.2) is 11.4 Å². The lowest BCUT2D eigenvalue weighted by molar-refractivity contribution is 0.0679. The average Bonchev–Trinajstić information content (AvgIpc) is 2.90. The van der Waals surface area contributed by atoms with Crippen molar-refractivity contribution in [1.29, 1.82) is 0 Å². The van der Waals surface area contributed by atoms with Crippen molar-refractivity contribution in [2.24, 2.45) is 0 Å². The maximum Gasteiger partial charge on any atom is 0.356 e. The van der Waals surface area contributed by atoms with Gasteiger partial charge in [-0.3, -0.25) is 0 Å². The number of benzene rings is 2. The Hall–Kier alpha value is -2.21. The third-order valence-corrected chi connectivity index (χ3v) is 4.53. The quantitative estimate of drug-likeness (QED) is 0.677. The SMILES string of the molecule is O=C(O)c1c(OCCO)c2ccccc2n1Cc1ccc(Cl)c(Cl)c1. The molecule has 0 bridgehead atoms. The molecular weight excluding hydrogens is 365 g/mol. The van der Waals surface area contributed by atoms with Crippen molar-refractivity contribution in [3.05, 3.63) is 63.8 Å². The Kier molecular flexibility index (Phi) is 5.18. The minimum atomic E-state index is -1.11. The Labute approximate surface area is 154 Å². The Bertz CT molecular complexity index is 936. The van der Waals surface area contributed by atoms with Gasteiger partial charge in [-0.1, -0.05) is 41.4 Å². The highest BCUT2D eigenvalue weighted by Gasteiger charge is 2.24. The Morgan fingerprint density at radius 1 is 1.12 bits per heavy atom. The maximum absolute atomic E-state index is 11.9. The van der Waals surface area contributed by atoms with Gasteiger partial charge in [-0.25, -0.2) is 4.79 Å². The highest BCUT2D eigenvalue weighted by atomic mass is 35.5. The number of hydrogen-bond acceptors (Lipinski definition) is 3. The number of rotatable bonds is 6. The normalized spacial score (nSPS) is 11.0. The third-order valence-electron chi connectivity index (χ3n) is 3.79. The van der Waals surface area contributed by atoms with E-state index in [4.69, 9.17) is 33.0 Å². The highest BCUT2D eigenvalue weighted by molar-refractivity contribution is 6.42. The first-order valence-electron chi connectivity index (χ1n) is 7.55. The van der Waals surface area contributed by atoms with Crippen molar-refractivity contribution in [2.75, 3.05) is 13.2 Å². The van der Waals surface area contributed by atoms with Gasteiger partial charge >= 0.3 is 5.97 Å². The van der Waals surface area contributed by atoms with Crippen molar-refractivity contribution in [2.45, 2.75) is 6.54 Å². The van der Waals surface area contributed by atoms with Crippen LogP contribution in [-0.2, 0) is 6.54 Å². The molecule has 2 aromatic carbocycles. The molecule has 7 heteroatoms. The molecule has 2 N–H and O–H groups in total. The van der Waals surface area contributed by atoms with Gasteiger partial charge in [-0.15, -0.1) is 0 Å². The second-order valence-electron chi connectivity index (χ2n) is 5.41. The van der Waals surface area contributed by atoms with Crippen LogP contribution in [0.4, 0.5) is 0 Å². The van der Waals surface area contributed by atoms with E-state index in [9.17, 15) is 9.90 Å². The van der Waals surface area contributed by atoms with E-state index in [2.05, 4.69) is 0 Å². The van der Waals surface area contributed by atoms with Crippen molar-refractivity contribution in [1.82, 2.24) is 4.57 Å². The lowest BCUT2D eigenvalue weighted by atomic mass is 10.2. The summed E-state index contributed by atoms with van der Waals surface area (Å²) < 4.78 is 7.18. The van der Waals surface area contributed by atoms with Crippen LogP contribution in [0.5, 0.6) is 5.75 Å². The smallest absolute Gasteiger partial charge is 0.356 e. The van der Waals surface area contributed by atoms with Crippen LogP contribution in [0.1, 0.15) is 16.1 Å². The number of aliphatic hydroxyl groups is 1. The van der Waals surface area contributed by atoms with Crippen molar-refractivity contribution >= 4 is 40.1 Å². The third kappa shape index (κ3) is 3.44. The summed E-state index contributed by atoms with van der Waals surface area (Å²) in [7, 11) is 0. The first kappa shape index (κ1) is 17.6. The first-order valence-corrected chi connectivity index (χ1v) is 8.30. The molecule has 25 heavy (non-hydrogen) atoms. The Morgan fingerprint density at radius 3 is 2.56 bits per heavy atom. The molecule has 5 nitrogen and oxygen atoms in total. The van der Waals surface area contributed by atoms with Crippen LogP contribution in [0.3, 0.4) is 0 Å². The van der Waals surface area contributed by atoms with Crippen LogP contribution >= 0.6 is 23.2 Å². The lowest BCUT2D eigenvalue weighted by Crippen LogP contribution is -2.12. The summed E-state index contributed by atoms with van der Waals surface area (Å²) in [6.07, 6.45) is 0. The van der Waals surface area contributed by atoms with Gasteiger partial charge in [0.25, 0.3) is 0 Å². The number of ether oxygens (including phenoxy) is 1. The summed E-state index contributed by atoms with van der Waals surface area (Å²) >= 11 is 12.0. The molecule has 0 aliphatic rings. The predicted octanol–water partition coefficient (Wildman–Crippen LogP) is 4.07. The molecule has 0 saturated carbocycles. The van der Waals surface area contributed by atoms with Gasteiger partial charge in [0.05, 0.1) is 22.2 Å². The fourth-order valence-electron chi connectivity index (χ4n) is 2.76. The number of carboxylic acid groups (broad SMARTS) is 1. The monoisotopic (exact) mass is 379 g/mol. The number of aromatic carboxylic acids is 1. The van der Waals surface area contributed by atoms with E-state index in [0.717, 1.165) is 11.1 Å². The van der Waals surface area contributed by atoms with E-state index in [1.807, 2.05) is 18.2 Å². The Morgan fingerprint density at radius 2 is 1.88 bits per heavy atom. The molecule has 1 heterocycles. The summed E-state index contributed by atoms with van der Waals surface area (Å²) in [6, 6.07) is 12.4. The van der Waals surface area contributed by atoms with Gasteiger partial charge in [-0.05, 0) is 29.8 Å². The Balaban J connectivity index is 2.16. The largest absolute Gasteiger partial charge is 0.488 e. The topological polar surface area (TPSA) is 71.7 Å². The molecule has 0 radical (unpaired) electrons. The molecule has 0 unspecified atom stereocenters. The maximum atomic E-state index is 11.9. The fraction of sp³-hybridized carbons (Fsp3) is 0.167. The van der Waals surface area contributed by atoms with Crippen LogP contribution in [0.15, 0.2) is 42.5 Å². The van der Waals surface area contributed by atoms with Gasteiger partial charge in [-0.2, -0.15) is 0 Å². The molecule has 1 aromatic heterocycles. The molecule has 0 spiro atoms. The second-order valence-corrected chi connectivity index (χ2v) is 6.22. The highest BCUT2D eigenvalue weighted by Crippen LogP contribution is 2.34. The van der Waals surface area contributed by atoms with E-state index in [1.165, 1.54) is 0 Å². The molecule has 0 atom stereocenters. The number of halogens is 2. The van der Waals surface area contributed by atoms with Crippen LogP contribution in [-0.4, -0.2) is 34.0 Å². The zero-order chi connectivity index (χ0) is 18.0. The van der Waals surface area contributed by atoms with Gasteiger partial charge < -0.3 is 19.5 Å². The summed E-state index contributed by atoms with van der Waals surface area (Å²) in [4.78, 5) is 11.9. The molecule has 0 aliphatic heterocycles. The number of para-hydroxylation sites is 1. The summed E-state index contributed by atoms with van der Waals surface area (Å²) in [5, 5.41) is 20.3. The summed E-state index contributed by atoms with van der Waals surface area (Å²) in [5.41, 5.74) is 1.56. The molecule has 0 aliphatic carbocycles. The molecule has 3 aromatic rings. The van der Waals surface area contributed by atoms with E-state index >= 15 is 0 Å². The van der Waals surface area contributed by atoms with Crippen molar-refractivity contribution in [3.8, 4) is 5.75 Å². The fourth-order valence-corrected chi connectivity index (χ4v) is 3.08. The number of carbonyl (C=O) groups is 1. The minimum Gasteiger partial charge on any atom is -0.488 e. The average molecular weight is 380 g/mol. The van der Waals surface area contributed by atoms with E-state index in [-0.39, 0.29) is 24.7 Å². The molecule has 3 rings (SSSR count). The van der Waals surface area contributed by atoms with E-state index in [0.29, 0.717) is 22.0 Å². The zero-order valence-electron chi connectivity index (χ0n) is 13.1. The summed E-state index contributed by atoms with van der Waals surface area (Å²) in [5.74, 6) is -0.860. The number of fused-ring (bicyclic) bond motifs is 1. The number of carboxylic acids is 1. The molecule has 0 fully saturated rings. The number of hydrogen-bond donors (Lipinski definition) is 2. The zero-order valence-corrected chi connectivity index (χ0v) is 14.6. The predicted molar refractivity (Wildman–Crippen MR) is 97.0 cm³/mol. The molecule has 0 amide bonds. The van der Waals surface area contributed by atoms with Gasteiger partial charge in [0.2, 0.25) is 0 Å². The van der Waals surface area contributed by atoms with E-state index in [1.54, 1.807) is 28.8 Å².